The maximum absolute atomic E-state index is 11.2. The summed E-state index contributed by atoms with van der Waals surface area (Å²) in [4.78, 5) is 31.1. The van der Waals surface area contributed by atoms with E-state index in [1.54, 1.807) is 10.9 Å². The summed E-state index contributed by atoms with van der Waals surface area (Å²) in [5.74, 6) is 0.821. The molecule has 2 N–H and O–H groups in total. The number of methoxy groups -OCH3 is 1. The van der Waals surface area contributed by atoms with E-state index in [0.717, 1.165) is 11.5 Å². The molecule has 0 saturated carbocycles. The Kier molecular flexibility index (Phi) is 5.76. The van der Waals surface area contributed by atoms with Crippen LogP contribution >= 0.6 is 7.60 Å². The molecule has 1 aliphatic heterocycles. The first-order chi connectivity index (χ1) is 12.7. The van der Waals surface area contributed by atoms with Gasteiger partial charge in [0.15, 0.2) is 11.9 Å². The lowest BCUT2D eigenvalue weighted by Crippen LogP contribution is -2.37. The van der Waals surface area contributed by atoms with Gasteiger partial charge in [0.25, 0.3) is 0 Å². The number of fused-ring (bicyclic) bond motifs is 1. The van der Waals surface area contributed by atoms with Crippen LogP contribution in [0.5, 0.6) is 0 Å². The van der Waals surface area contributed by atoms with E-state index in [1.807, 2.05) is 20.8 Å². The van der Waals surface area contributed by atoms with E-state index in [0.29, 0.717) is 11.2 Å². The molecular weight excluding hydrogens is 375 g/mol. The molecule has 0 aromatic carbocycles. The van der Waals surface area contributed by atoms with Crippen molar-refractivity contribution in [1.29, 1.82) is 0 Å². The first kappa shape index (κ1) is 20.1. The molecule has 0 bridgehead atoms. The monoisotopic (exact) mass is 398 g/mol. The van der Waals surface area contributed by atoms with Gasteiger partial charge < -0.3 is 24.0 Å². The van der Waals surface area contributed by atoms with Gasteiger partial charge in [-0.1, -0.05) is 0 Å². The fraction of sp³-hybridized carbons (Fsp3) is 0.562. The predicted molar refractivity (Wildman–Crippen MR) is 96.0 cm³/mol. The molecule has 0 spiro atoms. The van der Waals surface area contributed by atoms with E-state index in [4.69, 9.17) is 24.0 Å². The van der Waals surface area contributed by atoms with Gasteiger partial charge in [-0.3, -0.25) is 9.13 Å². The van der Waals surface area contributed by atoms with Crippen LogP contribution in [-0.4, -0.2) is 60.8 Å². The topological polar surface area (TPSA) is 129 Å². The van der Waals surface area contributed by atoms with Crippen molar-refractivity contribution in [2.45, 2.75) is 51.4 Å². The van der Waals surface area contributed by atoms with Crippen LogP contribution in [-0.2, 0) is 18.8 Å². The van der Waals surface area contributed by atoms with Crippen molar-refractivity contribution >= 4 is 18.8 Å². The molecule has 0 amide bonds. The summed E-state index contributed by atoms with van der Waals surface area (Å²) < 4.78 is 30.6. The largest absolute Gasteiger partial charge is 0.374 e. The molecule has 3 rings (SSSR count). The average molecular weight is 398 g/mol. The van der Waals surface area contributed by atoms with E-state index >= 15 is 0 Å². The van der Waals surface area contributed by atoms with Gasteiger partial charge in [-0.05, 0) is 26.8 Å². The minimum Gasteiger partial charge on any atom is -0.374 e. The summed E-state index contributed by atoms with van der Waals surface area (Å²) in [5.41, 5.74) is 1.96. The van der Waals surface area contributed by atoms with Crippen molar-refractivity contribution in [3.05, 3.63) is 30.2 Å². The average Bonchev–Trinajstić information content (AvgIpc) is 3.14. The first-order valence-electron chi connectivity index (χ1n) is 8.43. The second-order valence-electron chi connectivity index (χ2n) is 6.55. The number of nitrogens with zero attached hydrogens (tertiary/aromatic N) is 4. The van der Waals surface area contributed by atoms with Crippen LogP contribution in [0, 0.1) is 6.92 Å². The van der Waals surface area contributed by atoms with E-state index in [2.05, 4.69) is 15.0 Å². The van der Waals surface area contributed by atoms with Crippen LogP contribution in [0.1, 0.15) is 25.8 Å². The van der Waals surface area contributed by atoms with Crippen molar-refractivity contribution < 1.29 is 28.6 Å². The van der Waals surface area contributed by atoms with Gasteiger partial charge in [0, 0.05) is 12.9 Å². The van der Waals surface area contributed by atoms with Gasteiger partial charge in [-0.2, -0.15) is 0 Å². The number of imidazole rings is 1. The van der Waals surface area contributed by atoms with E-state index < -0.39 is 32.1 Å². The van der Waals surface area contributed by atoms with Crippen LogP contribution < -0.4 is 0 Å². The molecule has 2 aromatic heterocycles. The molecule has 0 aliphatic carbocycles. The van der Waals surface area contributed by atoms with Crippen molar-refractivity contribution in [3.63, 3.8) is 0 Å². The third kappa shape index (κ3) is 4.26. The molecule has 4 atom stereocenters. The van der Waals surface area contributed by atoms with E-state index in [-0.39, 0.29) is 6.10 Å². The number of ether oxygens (including phenoxy) is 3. The molecule has 1 saturated heterocycles. The van der Waals surface area contributed by atoms with Gasteiger partial charge in [0.2, 0.25) is 0 Å². The van der Waals surface area contributed by atoms with Gasteiger partial charge >= 0.3 is 7.60 Å². The molecule has 11 heteroatoms. The zero-order valence-electron chi connectivity index (χ0n) is 15.5. The van der Waals surface area contributed by atoms with Crippen molar-refractivity contribution in [3.8, 4) is 0 Å². The third-order valence-corrected chi connectivity index (χ3v) is 4.77. The lowest BCUT2D eigenvalue weighted by atomic mass is 10.1. The van der Waals surface area contributed by atoms with Gasteiger partial charge in [-0.25, -0.2) is 15.0 Å². The van der Waals surface area contributed by atoms with Crippen LogP contribution in [0.15, 0.2) is 24.5 Å². The van der Waals surface area contributed by atoms with Crippen LogP contribution in [0.2, 0.25) is 0 Å². The number of hydrogen-bond acceptors (Lipinski definition) is 7. The minimum atomic E-state index is -4.33. The Bertz CT molecular complexity index is 879. The van der Waals surface area contributed by atoms with E-state index in [1.165, 1.54) is 19.5 Å². The van der Waals surface area contributed by atoms with Crippen LogP contribution in [0.4, 0.5) is 0 Å². The summed E-state index contributed by atoms with van der Waals surface area (Å²) >= 11 is 0. The highest BCUT2D eigenvalue weighted by Gasteiger charge is 2.47. The molecular formula is C16H23N4O6P. The summed E-state index contributed by atoms with van der Waals surface area (Å²) in [6.45, 7) is 5.57. The summed E-state index contributed by atoms with van der Waals surface area (Å²) in [7, 11) is -2.80. The standard InChI is InChI=1S/C16H23N4O6P/c1-9(2)25-13-11(5-6-27(21,22)23)26-16(14(13)24-4)20-8-19-12-10(3)17-7-18-15(12)20/h5-9,11,13-14,16H,1-4H3,(H2,21,22,23)/b6-5+/t11-,13-,14-,16-/m1/s1. The Hall–Kier alpha value is -1.68. The maximum atomic E-state index is 11.2. The first-order valence-corrected chi connectivity index (χ1v) is 10.1. The fourth-order valence-corrected chi connectivity index (χ4v) is 3.51. The summed E-state index contributed by atoms with van der Waals surface area (Å²) in [5, 5.41) is 0. The summed E-state index contributed by atoms with van der Waals surface area (Å²) in [6.07, 6.45) is 1.77. The molecule has 0 radical (unpaired) electrons. The van der Waals surface area contributed by atoms with Gasteiger partial charge in [0.05, 0.1) is 18.1 Å². The SMILES string of the molecule is CO[C@@H]1[C@H](OC(C)C)[C@@H](/C=C/P(=O)(O)O)O[C@H]1n1cnc2c(C)ncnc21. The lowest BCUT2D eigenvalue weighted by molar-refractivity contribution is -0.0756. The number of aromatic nitrogens is 4. The molecule has 148 valence electrons. The molecule has 2 aromatic rings. The fourth-order valence-electron chi connectivity index (χ4n) is 3.12. The third-order valence-electron chi connectivity index (χ3n) is 4.21. The molecule has 0 unspecified atom stereocenters. The van der Waals surface area contributed by atoms with Crippen molar-refractivity contribution in [1.82, 2.24) is 19.5 Å². The van der Waals surface area contributed by atoms with Gasteiger partial charge in [0.1, 0.15) is 30.2 Å². The van der Waals surface area contributed by atoms with Crippen molar-refractivity contribution in [2.75, 3.05) is 7.11 Å². The highest BCUT2D eigenvalue weighted by atomic mass is 31.2. The molecule has 27 heavy (non-hydrogen) atoms. The van der Waals surface area contributed by atoms with Gasteiger partial charge in [-0.15, -0.1) is 0 Å². The molecule has 10 nitrogen and oxygen atoms in total. The Balaban J connectivity index is 2.00. The minimum absolute atomic E-state index is 0.134. The Morgan fingerprint density at radius 2 is 2.04 bits per heavy atom. The number of hydrogen-bond donors (Lipinski definition) is 2. The zero-order chi connectivity index (χ0) is 19.8. The second-order valence-corrected chi connectivity index (χ2v) is 8.03. The Morgan fingerprint density at radius 1 is 1.30 bits per heavy atom. The Labute approximate surface area is 156 Å². The smallest absolute Gasteiger partial charge is 0.348 e. The van der Waals surface area contributed by atoms with E-state index in [9.17, 15) is 4.57 Å². The highest BCUT2D eigenvalue weighted by molar-refractivity contribution is 7.55. The van der Waals surface area contributed by atoms with Crippen molar-refractivity contribution in [2.24, 2.45) is 0 Å². The molecule has 1 fully saturated rings. The quantitative estimate of drug-likeness (QED) is 0.696. The normalized spacial score (nSPS) is 26.6. The second kappa shape index (κ2) is 7.75. The number of rotatable bonds is 6. The molecule has 1 aliphatic rings. The highest BCUT2D eigenvalue weighted by Crippen LogP contribution is 2.40. The maximum Gasteiger partial charge on any atom is 0.348 e. The Morgan fingerprint density at radius 3 is 2.67 bits per heavy atom. The molecule has 3 heterocycles. The van der Waals surface area contributed by atoms with Crippen LogP contribution in [0.3, 0.4) is 0 Å². The summed E-state index contributed by atoms with van der Waals surface area (Å²) in [6, 6.07) is 0. The van der Waals surface area contributed by atoms with Crippen LogP contribution in [0.25, 0.3) is 11.2 Å². The lowest BCUT2D eigenvalue weighted by Gasteiger charge is -2.24. The zero-order valence-corrected chi connectivity index (χ0v) is 16.4. The predicted octanol–water partition coefficient (Wildman–Crippen LogP) is 1.53. The number of aryl methyl sites for hydroxylation is 1.